The Morgan fingerprint density at radius 2 is 1.66 bits per heavy atom. The molecule has 2 unspecified atom stereocenters. The predicted molar refractivity (Wildman–Crippen MR) is 195 cm³/mol. The van der Waals surface area contributed by atoms with Crippen molar-refractivity contribution in [2.24, 2.45) is 11.8 Å². The first-order chi connectivity index (χ1) is 21.6. The second-order valence-electron chi connectivity index (χ2n) is 11.8. The molecule has 0 saturated carbocycles. The van der Waals surface area contributed by atoms with Gasteiger partial charge in [0.05, 0.1) is 10.7 Å². The fraction of sp³-hybridized carbons (Fsp3) is 0.289. The standard InChI is InChI=1S/C38H39N2S4/c1-5-39-33-23-31(41-7-3)13-15-35(33)43-37(39)19-25-9-11-27-21-28-12-10-26(18-30(28)22-29(27)17-25)20-38-40(6-2)34-24-32(42-8-4)14-16-36(34)44-38/h7-8,13-20,22-24,27-28H,3-6,9-12,21H2,1-2H3/q+1. The van der Waals surface area contributed by atoms with Gasteiger partial charge in [-0.2, -0.15) is 4.57 Å². The van der Waals surface area contributed by atoms with Crippen LogP contribution >= 0.6 is 46.6 Å². The molecular weight excluding hydrogens is 613 g/mol. The van der Waals surface area contributed by atoms with Crippen LogP contribution in [0, 0.1) is 11.8 Å². The molecule has 2 heterocycles. The molecule has 2 aromatic carbocycles. The highest BCUT2D eigenvalue weighted by Crippen LogP contribution is 2.49. The Labute approximate surface area is 279 Å². The summed E-state index contributed by atoms with van der Waals surface area (Å²) in [5, 5.41) is 6.53. The van der Waals surface area contributed by atoms with Crippen molar-refractivity contribution in [2.45, 2.75) is 67.2 Å². The summed E-state index contributed by atoms with van der Waals surface area (Å²) in [6.07, 6.45) is 18.7. The van der Waals surface area contributed by atoms with Gasteiger partial charge in [-0.3, -0.25) is 0 Å². The molecule has 0 spiro atoms. The molecule has 44 heavy (non-hydrogen) atoms. The van der Waals surface area contributed by atoms with Crippen molar-refractivity contribution in [3.8, 4) is 0 Å². The first-order valence-electron chi connectivity index (χ1n) is 15.7. The zero-order valence-corrected chi connectivity index (χ0v) is 28.8. The lowest BCUT2D eigenvalue weighted by atomic mass is 9.69. The number of nitrogens with zero attached hydrogens (tertiary/aromatic N) is 2. The molecule has 1 aromatic heterocycles. The van der Waals surface area contributed by atoms with Gasteiger partial charge in [0.2, 0.25) is 5.52 Å². The molecule has 1 aliphatic heterocycles. The molecule has 0 N–H and O–H groups in total. The van der Waals surface area contributed by atoms with E-state index in [2.05, 4.69) is 103 Å². The summed E-state index contributed by atoms with van der Waals surface area (Å²) < 4.78 is 3.83. The van der Waals surface area contributed by atoms with Gasteiger partial charge in [-0.15, -0.1) is 0 Å². The largest absolute Gasteiger partial charge is 0.335 e. The van der Waals surface area contributed by atoms with E-state index in [1.807, 2.05) is 33.9 Å². The summed E-state index contributed by atoms with van der Waals surface area (Å²) in [5.74, 6) is 1.40. The molecule has 0 radical (unpaired) electrons. The number of hydrogen-bond acceptors (Lipinski definition) is 5. The first-order valence-corrected chi connectivity index (χ1v) is 19.1. The third-order valence-corrected chi connectivity index (χ3v) is 12.8. The molecular formula is C38H39N2S4+. The number of anilines is 1. The number of thioether (sulfide) groups is 3. The summed E-state index contributed by atoms with van der Waals surface area (Å²) in [6.45, 7) is 14.3. The van der Waals surface area contributed by atoms with Gasteiger partial charge in [0.25, 0.3) is 5.01 Å². The van der Waals surface area contributed by atoms with Crippen molar-refractivity contribution >= 4 is 68.6 Å². The van der Waals surface area contributed by atoms with Crippen LogP contribution in [0.1, 0.15) is 51.0 Å². The molecule has 2 nitrogen and oxygen atoms in total. The number of benzene rings is 2. The van der Waals surface area contributed by atoms with Crippen molar-refractivity contribution in [1.29, 1.82) is 0 Å². The number of hydrogen-bond donors (Lipinski definition) is 0. The number of thiazole rings is 1. The molecule has 4 aliphatic rings. The summed E-state index contributed by atoms with van der Waals surface area (Å²) in [7, 11) is 0. The molecule has 2 atom stereocenters. The topological polar surface area (TPSA) is 7.12 Å². The monoisotopic (exact) mass is 651 g/mol. The Morgan fingerprint density at radius 3 is 2.43 bits per heavy atom. The van der Waals surface area contributed by atoms with Crippen LogP contribution in [0.15, 0.2) is 127 Å². The van der Waals surface area contributed by atoms with E-state index in [4.69, 9.17) is 0 Å². The van der Waals surface area contributed by atoms with Crippen molar-refractivity contribution in [3.05, 3.63) is 117 Å². The van der Waals surface area contributed by atoms with Crippen LogP contribution in [0.3, 0.4) is 0 Å². The van der Waals surface area contributed by atoms with Crippen LogP contribution in [-0.2, 0) is 6.54 Å². The van der Waals surface area contributed by atoms with E-state index in [9.17, 15) is 0 Å². The Kier molecular flexibility index (Phi) is 8.87. The van der Waals surface area contributed by atoms with Gasteiger partial charge < -0.3 is 4.90 Å². The van der Waals surface area contributed by atoms with Crippen LogP contribution < -0.4 is 9.47 Å². The summed E-state index contributed by atoms with van der Waals surface area (Å²) in [5.41, 5.74) is 8.67. The summed E-state index contributed by atoms with van der Waals surface area (Å²) >= 11 is 7.21. The predicted octanol–water partition coefficient (Wildman–Crippen LogP) is 11.5. The second kappa shape index (κ2) is 13.0. The first kappa shape index (κ1) is 30.0. The van der Waals surface area contributed by atoms with Crippen LogP contribution in [-0.4, -0.2) is 6.54 Å². The molecule has 0 saturated heterocycles. The average molecular weight is 652 g/mol. The van der Waals surface area contributed by atoms with Crippen molar-refractivity contribution < 1.29 is 4.57 Å². The molecule has 6 heteroatoms. The molecule has 7 rings (SSSR count). The molecule has 0 amide bonds. The fourth-order valence-electron chi connectivity index (χ4n) is 7.10. The third-order valence-electron chi connectivity index (χ3n) is 9.20. The molecule has 3 aromatic rings. The van der Waals surface area contributed by atoms with Gasteiger partial charge >= 0.3 is 0 Å². The Bertz CT molecular complexity index is 1800. The van der Waals surface area contributed by atoms with Crippen LogP contribution in [0.2, 0.25) is 0 Å². The normalized spacial score (nSPS) is 22.8. The fourth-order valence-corrected chi connectivity index (χ4v) is 10.5. The van der Waals surface area contributed by atoms with Crippen LogP contribution in [0.25, 0.3) is 16.3 Å². The zero-order valence-electron chi connectivity index (χ0n) is 25.6. The van der Waals surface area contributed by atoms with Gasteiger partial charge in [-0.1, -0.05) is 78.0 Å². The van der Waals surface area contributed by atoms with E-state index in [0.29, 0.717) is 11.8 Å². The van der Waals surface area contributed by atoms with E-state index in [-0.39, 0.29) is 0 Å². The van der Waals surface area contributed by atoms with Crippen molar-refractivity contribution in [1.82, 2.24) is 0 Å². The van der Waals surface area contributed by atoms with Gasteiger partial charge in [-0.05, 0) is 127 Å². The highest BCUT2D eigenvalue weighted by Gasteiger charge is 2.32. The number of aromatic nitrogens is 1. The lowest BCUT2D eigenvalue weighted by molar-refractivity contribution is -0.665. The number of fused-ring (bicyclic) bond motifs is 4. The number of aryl methyl sites for hydroxylation is 1. The van der Waals surface area contributed by atoms with E-state index in [0.717, 1.165) is 13.1 Å². The molecule has 224 valence electrons. The minimum Gasteiger partial charge on any atom is -0.335 e. The molecule has 0 fully saturated rings. The van der Waals surface area contributed by atoms with E-state index >= 15 is 0 Å². The maximum Gasteiger partial charge on any atom is 0.263 e. The van der Waals surface area contributed by atoms with Gasteiger partial charge in [0, 0.05) is 33.4 Å². The van der Waals surface area contributed by atoms with E-state index in [1.165, 1.54) is 95.0 Å². The Hall–Kier alpha value is -2.64. The highest BCUT2D eigenvalue weighted by atomic mass is 32.2. The van der Waals surface area contributed by atoms with Gasteiger partial charge in [-0.25, -0.2) is 0 Å². The Morgan fingerprint density at radius 1 is 0.909 bits per heavy atom. The van der Waals surface area contributed by atoms with Crippen LogP contribution in [0.5, 0.6) is 0 Å². The van der Waals surface area contributed by atoms with Crippen LogP contribution in [0.4, 0.5) is 5.69 Å². The minimum absolute atomic E-state index is 0.700. The maximum atomic E-state index is 3.89. The molecule has 3 aliphatic carbocycles. The van der Waals surface area contributed by atoms with Crippen molar-refractivity contribution in [3.63, 3.8) is 0 Å². The lowest BCUT2D eigenvalue weighted by Crippen LogP contribution is -2.33. The third kappa shape index (κ3) is 5.87. The second-order valence-corrected chi connectivity index (χ2v) is 16.0. The quantitative estimate of drug-likeness (QED) is 0.177. The SMILES string of the molecule is C=CSc1ccc2c(c1)N(CC)/C(=C/C1=CC3=CC4=C/C(=C/c5sc6ccc(SC=C)cc6[n+]5CC)CCC4CC3CC1)S2. The maximum absolute atomic E-state index is 3.89. The molecule has 0 bridgehead atoms. The number of allylic oxidation sites excluding steroid dienone is 8. The summed E-state index contributed by atoms with van der Waals surface area (Å²) in [6, 6.07) is 13.6. The lowest BCUT2D eigenvalue weighted by Gasteiger charge is -2.36. The van der Waals surface area contributed by atoms with Gasteiger partial charge in [0.15, 0.2) is 0 Å². The smallest absolute Gasteiger partial charge is 0.263 e. The van der Waals surface area contributed by atoms with Gasteiger partial charge in [0.1, 0.15) is 11.2 Å². The highest BCUT2D eigenvalue weighted by molar-refractivity contribution is 8.04. The minimum atomic E-state index is 0.700. The summed E-state index contributed by atoms with van der Waals surface area (Å²) in [4.78, 5) is 6.33. The number of rotatable bonds is 8. The van der Waals surface area contributed by atoms with E-state index < -0.39 is 0 Å². The Balaban J connectivity index is 1.16. The average Bonchev–Trinajstić information content (AvgIpc) is 3.56. The van der Waals surface area contributed by atoms with E-state index in [1.54, 1.807) is 23.5 Å². The zero-order chi connectivity index (χ0) is 30.2. The van der Waals surface area contributed by atoms with Crippen molar-refractivity contribution in [2.75, 3.05) is 11.4 Å².